The molecule has 1 N–H and O–H groups in total. The quantitative estimate of drug-likeness (QED) is 0.409. The first-order valence-electron chi connectivity index (χ1n) is 10.5. The summed E-state index contributed by atoms with van der Waals surface area (Å²) in [6.07, 6.45) is 1.39. The van der Waals surface area contributed by atoms with Crippen molar-refractivity contribution in [1.29, 1.82) is 0 Å². The minimum atomic E-state index is -0.611. The van der Waals surface area contributed by atoms with Crippen LogP contribution in [-0.2, 0) is 4.79 Å². The molecule has 0 unspecified atom stereocenters. The fourth-order valence-corrected chi connectivity index (χ4v) is 3.32. The summed E-state index contributed by atoms with van der Waals surface area (Å²) in [6.45, 7) is 2.93. The third kappa shape index (κ3) is 4.93. The second-order valence-corrected chi connectivity index (χ2v) is 7.38. The van der Waals surface area contributed by atoms with Crippen molar-refractivity contribution in [3.05, 3.63) is 78.4 Å². The summed E-state index contributed by atoms with van der Waals surface area (Å²) in [6, 6.07) is 18.6. The minimum Gasteiger partial charge on any atom is -0.493 e. The van der Waals surface area contributed by atoms with Crippen LogP contribution in [-0.4, -0.2) is 34.1 Å². The van der Waals surface area contributed by atoms with Crippen molar-refractivity contribution in [2.75, 3.05) is 7.11 Å². The van der Waals surface area contributed by atoms with Gasteiger partial charge in [0.05, 0.1) is 13.2 Å². The van der Waals surface area contributed by atoms with E-state index in [4.69, 9.17) is 14.0 Å². The predicted molar refractivity (Wildman–Crippen MR) is 123 cm³/mol. The second kappa shape index (κ2) is 9.95. The van der Waals surface area contributed by atoms with Gasteiger partial charge in [0.2, 0.25) is 5.75 Å². The van der Waals surface area contributed by atoms with E-state index in [1.54, 1.807) is 6.92 Å². The fraction of sp³-hybridized carbons (Fsp3) is 0.160. The van der Waals surface area contributed by atoms with E-state index in [0.717, 1.165) is 16.7 Å². The van der Waals surface area contributed by atoms with Gasteiger partial charge >= 0.3 is 5.97 Å². The molecule has 0 saturated heterocycles. The molecule has 1 amide bonds. The van der Waals surface area contributed by atoms with Gasteiger partial charge in [-0.05, 0) is 30.2 Å². The van der Waals surface area contributed by atoms with E-state index in [9.17, 15) is 9.59 Å². The van der Waals surface area contributed by atoms with Gasteiger partial charge < -0.3 is 19.3 Å². The van der Waals surface area contributed by atoms with Crippen molar-refractivity contribution in [2.45, 2.75) is 19.9 Å². The van der Waals surface area contributed by atoms with Gasteiger partial charge in [-0.25, -0.2) is 4.98 Å². The molecule has 2 heterocycles. The first-order valence-corrected chi connectivity index (χ1v) is 10.5. The molecule has 0 aliphatic rings. The van der Waals surface area contributed by atoms with Crippen molar-refractivity contribution in [1.82, 2.24) is 20.4 Å². The van der Waals surface area contributed by atoms with Crippen LogP contribution in [0.5, 0.6) is 11.5 Å². The Morgan fingerprint density at radius 3 is 2.47 bits per heavy atom. The number of carbonyl (C=O) groups excluding carboxylic acids is 2. The zero-order valence-corrected chi connectivity index (χ0v) is 18.8. The molecule has 9 nitrogen and oxygen atoms in total. The molecule has 2 aromatic heterocycles. The Labute approximate surface area is 195 Å². The van der Waals surface area contributed by atoms with E-state index in [0.29, 0.717) is 5.89 Å². The monoisotopic (exact) mass is 458 g/mol. The molecule has 0 spiro atoms. The Kier molecular flexibility index (Phi) is 6.63. The smallest absolute Gasteiger partial charge is 0.308 e. The number of benzene rings is 2. The lowest BCUT2D eigenvalue weighted by atomic mass is 10.0. The highest BCUT2D eigenvalue weighted by atomic mass is 16.6. The number of nitrogens with one attached hydrogen (secondary N) is 1. The summed E-state index contributed by atoms with van der Waals surface area (Å²) < 4.78 is 15.8. The number of amides is 1. The number of rotatable bonds is 7. The third-order valence-corrected chi connectivity index (χ3v) is 4.94. The predicted octanol–water partition coefficient (Wildman–Crippen LogP) is 4.22. The molecular weight excluding hydrogens is 436 g/mol. The lowest BCUT2D eigenvalue weighted by molar-refractivity contribution is -0.132. The van der Waals surface area contributed by atoms with Crippen molar-refractivity contribution >= 4 is 11.9 Å². The topological polar surface area (TPSA) is 116 Å². The Morgan fingerprint density at radius 1 is 1.00 bits per heavy atom. The molecule has 34 heavy (non-hydrogen) atoms. The zero-order chi connectivity index (χ0) is 24.1. The van der Waals surface area contributed by atoms with Gasteiger partial charge in [-0.15, -0.1) is 0 Å². The SMILES string of the molecule is COc1ccnc(C(=O)N[C@@H](C)c2noc(-c3cccc(-c4ccccc4)c3)n2)c1OC(C)=O. The molecule has 1 atom stereocenters. The van der Waals surface area contributed by atoms with Crippen molar-refractivity contribution in [3.63, 3.8) is 0 Å². The van der Waals surface area contributed by atoms with Gasteiger partial charge in [0.25, 0.3) is 11.8 Å². The number of aromatic nitrogens is 3. The highest BCUT2D eigenvalue weighted by Crippen LogP contribution is 2.30. The molecule has 9 heteroatoms. The molecule has 0 saturated carbocycles. The van der Waals surface area contributed by atoms with Crippen LogP contribution in [0.4, 0.5) is 0 Å². The average Bonchev–Trinajstić information content (AvgIpc) is 3.35. The summed E-state index contributed by atoms with van der Waals surface area (Å²) in [5.41, 5.74) is 2.74. The van der Waals surface area contributed by atoms with Gasteiger partial charge in [-0.2, -0.15) is 4.98 Å². The summed E-state index contributed by atoms with van der Waals surface area (Å²) in [5.74, 6) is -0.426. The first-order chi connectivity index (χ1) is 16.5. The van der Waals surface area contributed by atoms with E-state index < -0.39 is 17.9 Å². The van der Waals surface area contributed by atoms with Crippen LogP contribution in [0, 0.1) is 0 Å². The number of hydrogen-bond donors (Lipinski definition) is 1. The molecule has 172 valence electrons. The number of hydrogen-bond acceptors (Lipinski definition) is 8. The van der Waals surface area contributed by atoms with E-state index in [1.165, 1.54) is 26.3 Å². The Bertz CT molecular complexity index is 1320. The molecule has 0 aliphatic carbocycles. The minimum absolute atomic E-state index is 0.0614. The number of pyridine rings is 1. The van der Waals surface area contributed by atoms with Gasteiger partial charge in [0.15, 0.2) is 17.3 Å². The Hall–Kier alpha value is -4.53. The van der Waals surface area contributed by atoms with Gasteiger partial charge in [0, 0.05) is 24.8 Å². The molecule has 0 radical (unpaired) electrons. The molecule has 2 aromatic carbocycles. The Balaban J connectivity index is 1.53. The van der Waals surface area contributed by atoms with Crippen molar-refractivity contribution < 1.29 is 23.6 Å². The molecule has 4 aromatic rings. The highest BCUT2D eigenvalue weighted by Gasteiger charge is 2.24. The zero-order valence-electron chi connectivity index (χ0n) is 18.8. The third-order valence-electron chi connectivity index (χ3n) is 4.94. The van der Waals surface area contributed by atoms with E-state index >= 15 is 0 Å². The maximum atomic E-state index is 12.9. The van der Waals surface area contributed by atoms with Crippen LogP contribution < -0.4 is 14.8 Å². The summed E-state index contributed by atoms with van der Waals surface area (Å²) in [4.78, 5) is 32.8. The lowest BCUT2D eigenvalue weighted by Gasteiger charge is -2.14. The van der Waals surface area contributed by atoms with E-state index in [2.05, 4.69) is 20.4 Å². The normalized spacial score (nSPS) is 11.5. The van der Waals surface area contributed by atoms with Crippen LogP contribution in [0.15, 0.2) is 71.4 Å². The van der Waals surface area contributed by atoms with Crippen LogP contribution in [0.2, 0.25) is 0 Å². The average molecular weight is 458 g/mol. The van der Waals surface area contributed by atoms with Gasteiger partial charge in [0.1, 0.15) is 0 Å². The van der Waals surface area contributed by atoms with Gasteiger partial charge in [-0.1, -0.05) is 47.6 Å². The van der Waals surface area contributed by atoms with Crippen molar-refractivity contribution in [2.24, 2.45) is 0 Å². The number of ether oxygens (including phenoxy) is 2. The van der Waals surface area contributed by atoms with Gasteiger partial charge in [-0.3, -0.25) is 9.59 Å². The highest BCUT2D eigenvalue weighted by molar-refractivity contribution is 5.96. The summed E-state index contributed by atoms with van der Waals surface area (Å²) >= 11 is 0. The molecular formula is C25H22N4O5. The molecule has 0 aliphatic heterocycles. The number of carbonyl (C=O) groups is 2. The maximum absolute atomic E-state index is 12.9. The van der Waals surface area contributed by atoms with Crippen LogP contribution in [0.25, 0.3) is 22.6 Å². The largest absolute Gasteiger partial charge is 0.493 e. The summed E-state index contributed by atoms with van der Waals surface area (Å²) in [5, 5.41) is 6.76. The number of nitrogens with zero attached hydrogens (tertiary/aromatic N) is 3. The van der Waals surface area contributed by atoms with E-state index in [1.807, 2.05) is 54.6 Å². The van der Waals surface area contributed by atoms with Crippen LogP contribution >= 0.6 is 0 Å². The lowest BCUT2D eigenvalue weighted by Crippen LogP contribution is -2.29. The maximum Gasteiger partial charge on any atom is 0.308 e. The number of methoxy groups -OCH3 is 1. The second-order valence-electron chi connectivity index (χ2n) is 7.38. The number of esters is 1. The fourth-order valence-electron chi connectivity index (χ4n) is 3.32. The van der Waals surface area contributed by atoms with Crippen LogP contribution in [0.1, 0.15) is 36.2 Å². The first kappa shape index (κ1) is 22.7. The van der Waals surface area contributed by atoms with Crippen LogP contribution in [0.3, 0.4) is 0 Å². The summed E-state index contributed by atoms with van der Waals surface area (Å²) in [7, 11) is 1.40. The van der Waals surface area contributed by atoms with Crippen molar-refractivity contribution in [3.8, 4) is 34.1 Å². The molecule has 4 rings (SSSR count). The molecule has 0 fully saturated rings. The van der Waals surface area contributed by atoms with E-state index in [-0.39, 0.29) is 23.0 Å². The Morgan fingerprint density at radius 2 is 1.74 bits per heavy atom. The standard InChI is InChI=1S/C25H22N4O5/c1-15(27-24(31)21-22(33-16(2)30)20(32-3)12-13-26-21)23-28-25(34-29-23)19-11-7-10-18(14-19)17-8-5-4-6-9-17/h4-15H,1-3H3,(H,27,31)/t15-/m0/s1. The molecule has 0 bridgehead atoms.